The van der Waals surface area contributed by atoms with Gasteiger partial charge in [-0.05, 0) is 32.8 Å². The Bertz CT molecular complexity index is 440. The number of carbonyl (C=O) groups is 1. The predicted molar refractivity (Wildman–Crippen MR) is 76.8 cm³/mol. The fourth-order valence-electron chi connectivity index (χ4n) is 1.69. The van der Waals surface area contributed by atoms with E-state index < -0.39 is 11.7 Å². The molecule has 19 heavy (non-hydrogen) atoms. The van der Waals surface area contributed by atoms with Crippen molar-refractivity contribution in [2.45, 2.75) is 45.3 Å². The Balaban J connectivity index is 2.59. The zero-order valence-electron chi connectivity index (χ0n) is 11.8. The van der Waals surface area contributed by atoms with Crippen molar-refractivity contribution in [1.82, 2.24) is 5.32 Å². The SMILES string of the molecule is C#CCC(Cc1ccccc1)NC(=O)OC(C)(C)C. The number of benzene rings is 1. The molecule has 3 nitrogen and oxygen atoms in total. The molecule has 0 aromatic heterocycles. The van der Waals surface area contributed by atoms with Gasteiger partial charge >= 0.3 is 6.09 Å². The zero-order chi connectivity index (χ0) is 14.3. The Morgan fingerprint density at radius 1 is 1.37 bits per heavy atom. The maximum Gasteiger partial charge on any atom is 0.407 e. The summed E-state index contributed by atoms with van der Waals surface area (Å²) in [6.45, 7) is 5.50. The number of terminal acetylenes is 1. The molecule has 1 aromatic carbocycles. The van der Waals surface area contributed by atoms with E-state index in [-0.39, 0.29) is 6.04 Å². The minimum atomic E-state index is -0.502. The number of carbonyl (C=O) groups excluding carboxylic acids is 1. The number of hydrogen-bond donors (Lipinski definition) is 1. The van der Waals surface area contributed by atoms with Crippen LogP contribution in [0.2, 0.25) is 0 Å². The summed E-state index contributed by atoms with van der Waals surface area (Å²) >= 11 is 0. The summed E-state index contributed by atoms with van der Waals surface area (Å²) in [4.78, 5) is 11.7. The second kappa shape index (κ2) is 6.84. The van der Waals surface area contributed by atoms with Crippen LogP contribution < -0.4 is 5.32 Å². The molecule has 0 saturated heterocycles. The first-order chi connectivity index (χ1) is 8.90. The highest BCUT2D eigenvalue weighted by atomic mass is 16.6. The summed E-state index contributed by atoms with van der Waals surface area (Å²) in [5.41, 5.74) is 0.635. The van der Waals surface area contributed by atoms with Crippen LogP contribution in [-0.2, 0) is 11.2 Å². The second-order valence-corrected chi connectivity index (χ2v) is 5.44. The molecule has 1 N–H and O–H groups in total. The number of rotatable bonds is 4. The Labute approximate surface area is 115 Å². The van der Waals surface area contributed by atoms with Crippen molar-refractivity contribution in [2.24, 2.45) is 0 Å². The number of nitrogens with one attached hydrogen (secondary N) is 1. The van der Waals surface area contributed by atoms with Crippen LogP contribution in [0.25, 0.3) is 0 Å². The maximum absolute atomic E-state index is 11.7. The molecule has 1 aromatic rings. The van der Waals surface area contributed by atoms with Crippen LogP contribution in [0.4, 0.5) is 4.79 Å². The zero-order valence-corrected chi connectivity index (χ0v) is 11.8. The van der Waals surface area contributed by atoms with E-state index in [0.717, 1.165) is 5.56 Å². The third-order valence-electron chi connectivity index (χ3n) is 2.41. The van der Waals surface area contributed by atoms with Crippen LogP contribution in [0.3, 0.4) is 0 Å². The molecule has 1 unspecified atom stereocenters. The summed E-state index contributed by atoms with van der Waals surface area (Å²) in [6.07, 6.45) is 6.10. The van der Waals surface area contributed by atoms with Crippen molar-refractivity contribution >= 4 is 6.09 Å². The van der Waals surface area contributed by atoms with Gasteiger partial charge in [-0.2, -0.15) is 0 Å². The summed E-state index contributed by atoms with van der Waals surface area (Å²) in [5.74, 6) is 2.59. The molecule has 1 amide bonds. The second-order valence-electron chi connectivity index (χ2n) is 5.44. The van der Waals surface area contributed by atoms with Crippen LogP contribution in [-0.4, -0.2) is 17.7 Å². The quantitative estimate of drug-likeness (QED) is 0.844. The topological polar surface area (TPSA) is 38.3 Å². The normalized spacial score (nSPS) is 12.3. The maximum atomic E-state index is 11.7. The summed E-state index contributed by atoms with van der Waals surface area (Å²) in [7, 11) is 0. The number of amides is 1. The first-order valence-corrected chi connectivity index (χ1v) is 6.37. The number of ether oxygens (including phenoxy) is 1. The predicted octanol–water partition coefficient (Wildman–Crippen LogP) is 3.15. The van der Waals surface area contributed by atoms with Crippen molar-refractivity contribution in [3.8, 4) is 12.3 Å². The van der Waals surface area contributed by atoms with E-state index in [4.69, 9.17) is 11.2 Å². The molecule has 0 fully saturated rings. The van der Waals surface area contributed by atoms with Gasteiger partial charge < -0.3 is 10.1 Å². The number of hydrogen-bond acceptors (Lipinski definition) is 2. The molecule has 0 aliphatic rings. The fourth-order valence-corrected chi connectivity index (χ4v) is 1.69. The summed E-state index contributed by atoms with van der Waals surface area (Å²) in [5, 5.41) is 2.82. The van der Waals surface area contributed by atoms with E-state index in [9.17, 15) is 4.79 Å². The van der Waals surface area contributed by atoms with Crippen molar-refractivity contribution in [3.63, 3.8) is 0 Å². The van der Waals surface area contributed by atoms with Gasteiger partial charge in [0.1, 0.15) is 5.60 Å². The molecule has 0 bridgehead atoms. The van der Waals surface area contributed by atoms with Crippen LogP contribution in [0, 0.1) is 12.3 Å². The third-order valence-corrected chi connectivity index (χ3v) is 2.41. The van der Waals surface area contributed by atoms with Crippen molar-refractivity contribution < 1.29 is 9.53 Å². The molecule has 3 heteroatoms. The van der Waals surface area contributed by atoms with Crippen LogP contribution >= 0.6 is 0 Å². The van der Waals surface area contributed by atoms with Crippen molar-refractivity contribution in [2.75, 3.05) is 0 Å². The van der Waals surface area contributed by atoms with Gasteiger partial charge in [0.2, 0.25) is 0 Å². The van der Waals surface area contributed by atoms with Gasteiger partial charge in [0.25, 0.3) is 0 Å². The first-order valence-electron chi connectivity index (χ1n) is 6.37. The smallest absolute Gasteiger partial charge is 0.407 e. The van der Waals surface area contributed by atoms with E-state index in [1.165, 1.54) is 0 Å². The lowest BCUT2D eigenvalue weighted by Gasteiger charge is -2.23. The van der Waals surface area contributed by atoms with Gasteiger partial charge in [-0.15, -0.1) is 12.3 Å². The van der Waals surface area contributed by atoms with E-state index in [1.54, 1.807) is 0 Å². The first kappa shape index (κ1) is 15.1. The summed E-state index contributed by atoms with van der Waals surface area (Å²) < 4.78 is 5.23. The van der Waals surface area contributed by atoms with Gasteiger partial charge in [0.05, 0.1) is 0 Å². The van der Waals surface area contributed by atoms with Gasteiger partial charge in [0, 0.05) is 12.5 Å². The average Bonchev–Trinajstić information content (AvgIpc) is 2.27. The molecular formula is C16H21NO2. The highest BCUT2D eigenvalue weighted by molar-refractivity contribution is 5.68. The average molecular weight is 259 g/mol. The van der Waals surface area contributed by atoms with E-state index >= 15 is 0 Å². The van der Waals surface area contributed by atoms with Crippen LogP contribution in [0.15, 0.2) is 30.3 Å². The fraction of sp³-hybridized carbons (Fsp3) is 0.438. The molecule has 0 aliphatic heterocycles. The Hall–Kier alpha value is -1.95. The molecule has 102 valence electrons. The summed E-state index contributed by atoms with van der Waals surface area (Å²) in [6, 6.07) is 9.81. The lowest BCUT2D eigenvalue weighted by Crippen LogP contribution is -2.40. The van der Waals surface area contributed by atoms with E-state index in [1.807, 2.05) is 51.1 Å². The molecular weight excluding hydrogens is 238 g/mol. The monoisotopic (exact) mass is 259 g/mol. The Morgan fingerprint density at radius 2 is 2.00 bits per heavy atom. The Kier molecular flexibility index (Phi) is 5.44. The molecule has 0 radical (unpaired) electrons. The lowest BCUT2D eigenvalue weighted by molar-refractivity contribution is 0.0505. The molecule has 0 spiro atoms. The van der Waals surface area contributed by atoms with Gasteiger partial charge in [-0.3, -0.25) is 0 Å². The van der Waals surface area contributed by atoms with Gasteiger partial charge in [-0.1, -0.05) is 30.3 Å². The minimum absolute atomic E-state index is 0.109. The lowest BCUT2D eigenvalue weighted by atomic mass is 10.0. The van der Waals surface area contributed by atoms with Gasteiger partial charge in [0.15, 0.2) is 0 Å². The Morgan fingerprint density at radius 3 is 2.53 bits per heavy atom. The molecule has 1 rings (SSSR count). The largest absolute Gasteiger partial charge is 0.444 e. The van der Waals surface area contributed by atoms with Crippen LogP contribution in [0.5, 0.6) is 0 Å². The van der Waals surface area contributed by atoms with E-state index in [2.05, 4.69) is 11.2 Å². The highest BCUT2D eigenvalue weighted by Gasteiger charge is 2.19. The molecule has 0 heterocycles. The third kappa shape index (κ3) is 6.52. The van der Waals surface area contributed by atoms with Gasteiger partial charge in [-0.25, -0.2) is 4.79 Å². The highest BCUT2D eigenvalue weighted by Crippen LogP contribution is 2.09. The number of alkyl carbamates (subject to hydrolysis) is 1. The molecule has 0 saturated carbocycles. The standard InChI is InChI=1S/C16H21NO2/c1-5-9-14(12-13-10-7-6-8-11-13)17-15(18)19-16(2,3)4/h1,6-8,10-11,14H,9,12H2,2-4H3,(H,17,18). The minimum Gasteiger partial charge on any atom is -0.444 e. The van der Waals surface area contributed by atoms with Crippen molar-refractivity contribution in [1.29, 1.82) is 0 Å². The van der Waals surface area contributed by atoms with Crippen LogP contribution in [0.1, 0.15) is 32.8 Å². The molecule has 1 atom stereocenters. The van der Waals surface area contributed by atoms with E-state index in [0.29, 0.717) is 12.8 Å². The van der Waals surface area contributed by atoms with Crippen molar-refractivity contribution in [3.05, 3.63) is 35.9 Å². The molecule has 0 aliphatic carbocycles.